The van der Waals surface area contributed by atoms with Crippen LogP contribution in [-0.2, 0) is 26.2 Å². The number of nitrogens with zero attached hydrogens (tertiary/aromatic N) is 2. The molecule has 0 fully saturated rings. The molecule has 202 valence electrons. The summed E-state index contributed by atoms with van der Waals surface area (Å²) in [5, 5.41) is 2.87. The molecular weight excluding hydrogens is 505 g/mol. The first-order valence-electron chi connectivity index (χ1n) is 12.5. The normalized spacial score (nSPS) is 12.2. The van der Waals surface area contributed by atoms with Crippen molar-refractivity contribution >= 4 is 27.5 Å². The van der Waals surface area contributed by atoms with Gasteiger partial charge in [-0.05, 0) is 74.7 Å². The van der Waals surface area contributed by atoms with E-state index in [0.29, 0.717) is 6.42 Å². The zero-order chi connectivity index (χ0) is 27.9. The molecule has 1 atom stereocenters. The number of aryl methyl sites for hydroxylation is 1. The van der Waals surface area contributed by atoms with Crippen LogP contribution in [0.1, 0.15) is 38.3 Å². The second-order valence-electron chi connectivity index (χ2n) is 9.34. The average Bonchev–Trinajstić information content (AvgIpc) is 2.88. The molecule has 3 rings (SSSR count). The maximum Gasteiger partial charge on any atom is 0.264 e. The predicted octanol–water partition coefficient (Wildman–Crippen LogP) is 4.66. The van der Waals surface area contributed by atoms with Crippen LogP contribution >= 0.6 is 0 Å². The number of nitrogens with one attached hydrogen (secondary N) is 1. The second-order valence-corrected chi connectivity index (χ2v) is 11.2. The molecular formula is C29H34FN3O4S. The van der Waals surface area contributed by atoms with Crippen LogP contribution in [0, 0.1) is 12.7 Å². The van der Waals surface area contributed by atoms with Crippen LogP contribution in [-0.4, -0.2) is 43.8 Å². The van der Waals surface area contributed by atoms with E-state index in [9.17, 15) is 22.4 Å². The molecule has 0 saturated heterocycles. The van der Waals surface area contributed by atoms with Crippen LogP contribution in [0.5, 0.6) is 0 Å². The molecule has 0 bridgehead atoms. The Morgan fingerprint density at radius 1 is 0.921 bits per heavy atom. The van der Waals surface area contributed by atoms with Gasteiger partial charge in [-0.15, -0.1) is 0 Å². The van der Waals surface area contributed by atoms with E-state index < -0.39 is 34.3 Å². The summed E-state index contributed by atoms with van der Waals surface area (Å²) in [5.74, 6) is -1.40. The lowest BCUT2D eigenvalue weighted by Crippen LogP contribution is -2.53. The molecule has 0 aromatic heterocycles. The lowest BCUT2D eigenvalue weighted by molar-refractivity contribution is -0.140. The number of hydrogen-bond acceptors (Lipinski definition) is 4. The number of hydrogen-bond donors (Lipinski definition) is 1. The number of carbonyl (C=O) groups is 2. The number of halogens is 1. The van der Waals surface area contributed by atoms with Crippen LogP contribution in [0.4, 0.5) is 10.1 Å². The van der Waals surface area contributed by atoms with Crippen molar-refractivity contribution in [2.75, 3.05) is 10.8 Å². The highest BCUT2D eigenvalue weighted by molar-refractivity contribution is 7.92. The van der Waals surface area contributed by atoms with Gasteiger partial charge in [0.1, 0.15) is 18.4 Å². The zero-order valence-corrected chi connectivity index (χ0v) is 22.9. The van der Waals surface area contributed by atoms with E-state index in [0.717, 1.165) is 27.6 Å². The van der Waals surface area contributed by atoms with Crippen LogP contribution in [0.3, 0.4) is 0 Å². The van der Waals surface area contributed by atoms with Gasteiger partial charge in [0.25, 0.3) is 10.0 Å². The molecule has 0 aliphatic heterocycles. The molecule has 38 heavy (non-hydrogen) atoms. The maximum atomic E-state index is 13.9. The molecule has 0 radical (unpaired) electrons. The first-order valence-corrected chi connectivity index (χ1v) is 14.0. The Morgan fingerprint density at radius 3 is 2.11 bits per heavy atom. The third-order valence-corrected chi connectivity index (χ3v) is 7.93. The standard InChI is InChI=1S/C29H34FN3O4S/c1-5-27(29(35)31-21(2)3)32(19-23-12-10-9-11-22(23)4)28(34)20-33(25-17-15-24(30)16-18-25)38(36,37)26-13-7-6-8-14-26/h6-18,21,27H,5,19-20H2,1-4H3,(H,31,35)/t27-/m0/s1. The monoisotopic (exact) mass is 539 g/mol. The zero-order valence-electron chi connectivity index (χ0n) is 22.1. The van der Waals surface area contributed by atoms with Gasteiger partial charge < -0.3 is 10.2 Å². The van der Waals surface area contributed by atoms with E-state index in [1.54, 1.807) is 25.1 Å². The van der Waals surface area contributed by atoms with Gasteiger partial charge in [-0.2, -0.15) is 0 Å². The molecule has 3 aromatic carbocycles. The van der Waals surface area contributed by atoms with Crippen molar-refractivity contribution in [2.45, 2.75) is 57.6 Å². The van der Waals surface area contributed by atoms with Gasteiger partial charge in [0.05, 0.1) is 10.6 Å². The average molecular weight is 540 g/mol. The Morgan fingerprint density at radius 2 is 1.53 bits per heavy atom. The van der Waals surface area contributed by atoms with E-state index in [4.69, 9.17) is 0 Å². The fraction of sp³-hybridized carbons (Fsp3) is 0.310. The van der Waals surface area contributed by atoms with E-state index in [-0.39, 0.29) is 29.1 Å². The fourth-order valence-electron chi connectivity index (χ4n) is 4.13. The smallest absolute Gasteiger partial charge is 0.264 e. The summed E-state index contributed by atoms with van der Waals surface area (Å²) < 4.78 is 42.0. The summed E-state index contributed by atoms with van der Waals surface area (Å²) in [6.45, 7) is 6.94. The van der Waals surface area contributed by atoms with Gasteiger partial charge in [-0.3, -0.25) is 13.9 Å². The highest BCUT2D eigenvalue weighted by Crippen LogP contribution is 2.25. The first-order chi connectivity index (χ1) is 18.0. The molecule has 7 nitrogen and oxygen atoms in total. The van der Waals surface area contributed by atoms with Gasteiger partial charge >= 0.3 is 0 Å². The summed E-state index contributed by atoms with van der Waals surface area (Å²) in [5.41, 5.74) is 1.92. The molecule has 0 aliphatic rings. The maximum absolute atomic E-state index is 13.9. The molecule has 0 aliphatic carbocycles. The third-order valence-electron chi connectivity index (χ3n) is 6.14. The summed E-state index contributed by atoms with van der Waals surface area (Å²) >= 11 is 0. The molecule has 0 unspecified atom stereocenters. The van der Waals surface area contributed by atoms with Gasteiger partial charge in [-0.1, -0.05) is 49.4 Å². The van der Waals surface area contributed by atoms with Crippen molar-refractivity contribution in [1.82, 2.24) is 10.2 Å². The van der Waals surface area contributed by atoms with Crippen LogP contribution < -0.4 is 9.62 Å². The van der Waals surface area contributed by atoms with Gasteiger partial charge in [0.2, 0.25) is 11.8 Å². The Balaban J connectivity index is 2.06. The quantitative estimate of drug-likeness (QED) is 0.384. The number of benzene rings is 3. The number of anilines is 1. The van der Waals surface area contributed by atoms with Crippen molar-refractivity contribution in [1.29, 1.82) is 0 Å². The SMILES string of the molecule is CC[C@@H](C(=O)NC(C)C)N(Cc1ccccc1C)C(=O)CN(c1ccc(F)cc1)S(=O)(=O)c1ccccc1. The van der Waals surface area contributed by atoms with E-state index in [1.807, 2.05) is 45.0 Å². The van der Waals surface area contributed by atoms with Crippen LogP contribution in [0.2, 0.25) is 0 Å². The van der Waals surface area contributed by atoms with Gasteiger partial charge in [0.15, 0.2) is 0 Å². The summed E-state index contributed by atoms with van der Waals surface area (Å²) in [7, 11) is -4.19. The number of rotatable bonds is 11. The Hall–Kier alpha value is -3.72. The van der Waals surface area contributed by atoms with E-state index in [1.165, 1.54) is 29.2 Å². The van der Waals surface area contributed by atoms with Crippen molar-refractivity contribution in [3.63, 3.8) is 0 Å². The molecule has 0 spiro atoms. The lowest BCUT2D eigenvalue weighted by Gasteiger charge is -2.34. The molecule has 0 saturated carbocycles. The highest BCUT2D eigenvalue weighted by Gasteiger charge is 2.34. The van der Waals surface area contributed by atoms with E-state index in [2.05, 4.69) is 5.32 Å². The topological polar surface area (TPSA) is 86.8 Å². The number of sulfonamides is 1. The Labute approximate surface area is 224 Å². The molecule has 1 N–H and O–H groups in total. The predicted molar refractivity (Wildman–Crippen MR) is 146 cm³/mol. The largest absolute Gasteiger partial charge is 0.352 e. The van der Waals surface area contributed by atoms with Crippen molar-refractivity contribution in [2.24, 2.45) is 0 Å². The minimum atomic E-state index is -4.19. The van der Waals surface area contributed by atoms with Gasteiger partial charge in [-0.25, -0.2) is 12.8 Å². The molecule has 9 heteroatoms. The van der Waals surface area contributed by atoms with E-state index >= 15 is 0 Å². The summed E-state index contributed by atoms with van der Waals surface area (Å²) in [4.78, 5) is 28.5. The minimum Gasteiger partial charge on any atom is -0.352 e. The summed E-state index contributed by atoms with van der Waals surface area (Å²) in [6.07, 6.45) is 0.332. The van der Waals surface area contributed by atoms with Crippen LogP contribution in [0.15, 0.2) is 83.8 Å². The van der Waals surface area contributed by atoms with Crippen molar-refractivity contribution < 1.29 is 22.4 Å². The number of amides is 2. The van der Waals surface area contributed by atoms with Gasteiger partial charge in [0, 0.05) is 12.6 Å². The third kappa shape index (κ3) is 6.98. The van der Waals surface area contributed by atoms with Crippen molar-refractivity contribution in [3.05, 3.63) is 95.8 Å². The van der Waals surface area contributed by atoms with Crippen LogP contribution in [0.25, 0.3) is 0 Å². The van der Waals surface area contributed by atoms with Crippen molar-refractivity contribution in [3.8, 4) is 0 Å². The number of carbonyl (C=O) groups excluding carboxylic acids is 2. The molecule has 0 heterocycles. The lowest BCUT2D eigenvalue weighted by atomic mass is 10.1. The fourth-order valence-corrected chi connectivity index (χ4v) is 5.56. The Bertz CT molecular complexity index is 1350. The second kappa shape index (κ2) is 12.7. The highest BCUT2D eigenvalue weighted by atomic mass is 32.2. The molecule has 2 amide bonds. The Kier molecular flexibility index (Phi) is 9.63. The first kappa shape index (κ1) is 28.8. The molecule has 3 aromatic rings. The minimum absolute atomic E-state index is 0.00725. The summed E-state index contributed by atoms with van der Waals surface area (Å²) in [6, 6.07) is 19.2.